The minimum absolute atomic E-state index is 0.139. The first-order chi connectivity index (χ1) is 12.3. The van der Waals surface area contributed by atoms with Crippen LogP contribution in [0.1, 0.15) is 50.3 Å². The van der Waals surface area contributed by atoms with E-state index in [2.05, 4.69) is 22.1 Å². The summed E-state index contributed by atoms with van der Waals surface area (Å²) < 4.78 is 0. The summed E-state index contributed by atoms with van der Waals surface area (Å²) >= 11 is 0. The van der Waals surface area contributed by atoms with Gasteiger partial charge in [-0.05, 0) is 11.0 Å². The highest BCUT2D eigenvalue weighted by Crippen LogP contribution is 2.33. The summed E-state index contributed by atoms with van der Waals surface area (Å²) in [7, 11) is 0. The van der Waals surface area contributed by atoms with Crippen molar-refractivity contribution in [1.82, 2.24) is 14.9 Å². The van der Waals surface area contributed by atoms with Crippen molar-refractivity contribution in [3.05, 3.63) is 53.6 Å². The molecular weight excluding hydrogens is 328 g/mol. The van der Waals surface area contributed by atoms with Crippen molar-refractivity contribution in [2.75, 3.05) is 6.54 Å². The van der Waals surface area contributed by atoms with E-state index in [1.165, 1.54) is 5.56 Å². The lowest BCUT2D eigenvalue weighted by Gasteiger charge is -2.32. The maximum atomic E-state index is 12.9. The molecule has 1 aliphatic heterocycles. The molecule has 0 radical (unpaired) electrons. The standard InChI is InChI=1S/C20H28N4O2/c1-20(2,3)17(21)19(26)24-12-15(25)10-16(24)18-22-11-14(23-18)9-13-7-5-4-6-8-13/h4-8,11,15-17,25H,9-10,12,21H2,1-3H3,(H,22,23)/t15-,16+,17?/m1/s1. The normalized spacial score (nSPS) is 21.8. The zero-order chi connectivity index (χ0) is 18.9. The van der Waals surface area contributed by atoms with Crippen LogP contribution in [0.25, 0.3) is 0 Å². The second kappa shape index (κ2) is 7.21. The molecule has 1 amide bonds. The molecule has 1 aromatic heterocycles. The number of H-pyrrole nitrogens is 1. The van der Waals surface area contributed by atoms with Gasteiger partial charge < -0.3 is 20.7 Å². The van der Waals surface area contributed by atoms with Crippen molar-refractivity contribution in [3.8, 4) is 0 Å². The molecular formula is C20H28N4O2. The molecule has 140 valence electrons. The molecule has 2 heterocycles. The van der Waals surface area contributed by atoms with Crippen LogP contribution in [0.15, 0.2) is 36.5 Å². The summed E-state index contributed by atoms with van der Waals surface area (Å²) in [5.41, 5.74) is 8.00. The van der Waals surface area contributed by atoms with Gasteiger partial charge in [0, 0.05) is 31.3 Å². The predicted molar refractivity (Wildman–Crippen MR) is 100 cm³/mol. The van der Waals surface area contributed by atoms with Crippen LogP contribution in [0.2, 0.25) is 0 Å². The molecule has 2 aromatic rings. The monoisotopic (exact) mass is 356 g/mol. The van der Waals surface area contributed by atoms with E-state index < -0.39 is 12.1 Å². The number of imidazole rings is 1. The van der Waals surface area contributed by atoms with Crippen LogP contribution in [0.4, 0.5) is 0 Å². The first-order valence-electron chi connectivity index (χ1n) is 9.07. The summed E-state index contributed by atoms with van der Waals surface area (Å²) in [5, 5.41) is 10.1. The molecule has 6 heteroatoms. The third kappa shape index (κ3) is 3.97. The molecule has 0 saturated carbocycles. The number of hydrogen-bond acceptors (Lipinski definition) is 4. The third-order valence-electron chi connectivity index (χ3n) is 4.96. The average molecular weight is 356 g/mol. The lowest BCUT2D eigenvalue weighted by Crippen LogP contribution is -2.50. The van der Waals surface area contributed by atoms with Gasteiger partial charge in [-0.3, -0.25) is 4.79 Å². The molecule has 6 nitrogen and oxygen atoms in total. The third-order valence-corrected chi connectivity index (χ3v) is 4.96. The van der Waals surface area contributed by atoms with Gasteiger partial charge in [0.25, 0.3) is 0 Å². The van der Waals surface area contributed by atoms with Crippen LogP contribution in [0, 0.1) is 5.41 Å². The maximum absolute atomic E-state index is 12.9. The van der Waals surface area contributed by atoms with Crippen molar-refractivity contribution in [3.63, 3.8) is 0 Å². The Labute approximate surface area is 154 Å². The van der Waals surface area contributed by atoms with Crippen molar-refractivity contribution < 1.29 is 9.90 Å². The average Bonchev–Trinajstić information content (AvgIpc) is 3.20. The molecule has 1 aromatic carbocycles. The Morgan fingerprint density at radius 3 is 2.73 bits per heavy atom. The largest absolute Gasteiger partial charge is 0.391 e. The number of nitrogens with one attached hydrogen (secondary N) is 1. The van der Waals surface area contributed by atoms with Crippen LogP contribution >= 0.6 is 0 Å². The molecule has 26 heavy (non-hydrogen) atoms. The molecule has 1 fully saturated rings. The van der Waals surface area contributed by atoms with Crippen LogP contribution in [-0.2, 0) is 11.2 Å². The molecule has 1 saturated heterocycles. The Balaban J connectivity index is 1.78. The maximum Gasteiger partial charge on any atom is 0.240 e. The summed E-state index contributed by atoms with van der Waals surface area (Å²) in [6, 6.07) is 9.26. The lowest BCUT2D eigenvalue weighted by molar-refractivity contribution is -0.136. The van der Waals surface area contributed by atoms with Crippen molar-refractivity contribution in [1.29, 1.82) is 0 Å². The number of amides is 1. The minimum atomic E-state index is -0.617. The lowest BCUT2D eigenvalue weighted by atomic mass is 9.86. The number of aromatic nitrogens is 2. The summed E-state index contributed by atoms with van der Waals surface area (Å²) in [6.07, 6.45) is 2.47. The van der Waals surface area contributed by atoms with Crippen molar-refractivity contribution in [2.24, 2.45) is 11.1 Å². The van der Waals surface area contributed by atoms with Gasteiger partial charge in [0.1, 0.15) is 5.82 Å². The fourth-order valence-corrected chi connectivity index (χ4v) is 3.32. The molecule has 3 rings (SSSR count). The fourth-order valence-electron chi connectivity index (χ4n) is 3.32. The number of carbonyl (C=O) groups is 1. The highest BCUT2D eigenvalue weighted by atomic mass is 16.3. The number of carbonyl (C=O) groups excluding carboxylic acids is 1. The number of rotatable bonds is 4. The number of aliphatic hydroxyl groups excluding tert-OH is 1. The topological polar surface area (TPSA) is 95.2 Å². The summed E-state index contributed by atoms with van der Waals surface area (Å²) in [6.45, 7) is 6.13. The minimum Gasteiger partial charge on any atom is -0.391 e. The van der Waals surface area contributed by atoms with Crippen LogP contribution in [-0.4, -0.2) is 44.6 Å². The van der Waals surface area contributed by atoms with Gasteiger partial charge in [-0.2, -0.15) is 0 Å². The van der Waals surface area contributed by atoms with Gasteiger partial charge >= 0.3 is 0 Å². The number of aliphatic hydroxyl groups is 1. The van der Waals surface area contributed by atoms with Crippen LogP contribution in [0.3, 0.4) is 0 Å². The Kier molecular flexibility index (Phi) is 5.16. The summed E-state index contributed by atoms with van der Waals surface area (Å²) in [5.74, 6) is 0.571. The van der Waals surface area contributed by atoms with E-state index in [1.807, 2.05) is 39.0 Å². The number of β-amino-alcohol motifs (C(OH)–C–C–N with tert-alkyl or cyclic N) is 1. The number of likely N-dealkylation sites (tertiary alicyclic amines) is 1. The first kappa shape index (κ1) is 18.6. The Morgan fingerprint density at radius 2 is 2.08 bits per heavy atom. The Morgan fingerprint density at radius 1 is 1.38 bits per heavy atom. The van der Waals surface area contributed by atoms with E-state index in [0.717, 1.165) is 12.1 Å². The number of nitrogens with zero attached hydrogens (tertiary/aromatic N) is 2. The fraction of sp³-hybridized carbons (Fsp3) is 0.500. The van der Waals surface area contributed by atoms with E-state index in [0.29, 0.717) is 18.8 Å². The van der Waals surface area contributed by atoms with Gasteiger partial charge in [0.2, 0.25) is 5.91 Å². The highest BCUT2D eigenvalue weighted by Gasteiger charge is 2.41. The zero-order valence-corrected chi connectivity index (χ0v) is 15.6. The van der Waals surface area contributed by atoms with Crippen molar-refractivity contribution >= 4 is 5.91 Å². The van der Waals surface area contributed by atoms with Gasteiger partial charge in [-0.25, -0.2) is 4.98 Å². The van der Waals surface area contributed by atoms with Gasteiger partial charge in [-0.15, -0.1) is 0 Å². The SMILES string of the molecule is CC(C)(C)C(N)C(=O)N1C[C@H](O)C[C@H]1c1ncc(Cc2ccccc2)[nH]1. The number of hydrogen-bond donors (Lipinski definition) is 3. The molecule has 0 bridgehead atoms. The van der Waals surface area contributed by atoms with E-state index in [-0.39, 0.29) is 17.4 Å². The molecule has 0 spiro atoms. The van der Waals surface area contributed by atoms with E-state index >= 15 is 0 Å². The summed E-state index contributed by atoms with van der Waals surface area (Å²) in [4.78, 5) is 22.4. The van der Waals surface area contributed by atoms with Gasteiger partial charge in [0.05, 0.1) is 18.2 Å². The number of nitrogens with two attached hydrogens (primary N) is 1. The first-order valence-corrected chi connectivity index (χ1v) is 9.07. The van der Waals surface area contributed by atoms with Crippen molar-refractivity contribution in [2.45, 2.75) is 51.8 Å². The Bertz CT molecular complexity index is 751. The molecule has 1 aliphatic rings. The van der Waals surface area contributed by atoms with Gasteiger partial charge in [-0.1, -0.05) is 51.1 Å². The van der Waals surface area contributed by atoms with Gasteiger partial charge in [0.15, 0.2) is 0 Å². The highest BCUT2D eigenvalue weighted by molar-refractivity contribution is 5.83. The molecule has 4 N–H and O–H groups in total. The molecule has 1 unspecified atom stereocenters. The van der Waals surface area contributed by atoms with Crippen LogP contribution in [0.5, 0.6) is 0 Å². The second-order valence-corrected chi connectivity index (χ2v) is 8.20. The quantitative estimate of drug-likeness (QED) is 0.781. The van der Waals surface area contributed by atoms with E-state index in [4.69, 9.17) is 5.73 Å². The Hall–Kier alpha value is -2.18. The molecule has 3 atom stereocenters. The zero-order valence-electron chi connectivity index (χ0n) is 15.6. The number of aromatic amines is 1. The van der Waals surface area contributed by atoms with Crippen LogP contribution < -0.4 is 5.73 Å². The van der Waals surface area contributed by atoms with E-state index in [9.17, 15) is 9.90 Å². The predicted octanol–water partition coefficient (Wildman–Crippen LogP) is 2.01. The molecule has 0 aliphatic carbocycles. The second-order valence-electron chi connectivity index (χ2n) is 8.20. The number of benzene rings is 1. The van der Waals surface area contributed by atoms with E-state index in [1.54, 1.807) is 11.1 Å². The smallest absolute Gasteiger partial charge is 0.240 e.